The molecule has 2 rings (SSSR count). The van der Waals surface area contributed by atoms with Crippen molar-refractivity contribution < 1.29 is 21.6 Å². The number of halogens is 4. The molecule has 2 aromatic carbocycles. The molecule has 0 radical (unpaired) electrons. The van der Waals surface area contributed by atoms with E-state index in [0.717, 1.165) is 30.9 Å². The molecule has 0 aliphatic heterocycles. The summed E-state index contributed by atoms with van der Waals surface area (Å²) >= 11 is 5.59. The molecule has 3 nitrogen and oxygen atoms in total. The molecule has 0 saturated heterocycles. The van der Waals surface area contributed by atoms with Crippen molar-refractivity contribution in [1.82, 2.24) is 0 Å². The maximum atomic E-state index is 13.1. The van der Waals surface area contributed by atoms with Crippen LogP contribution in [0.15, 0.2) is 47.4 Å². The summed E-state index contributed by atoms with van der Waals surface area (Å²) in [4.78, 5) is -0.101. The first-order valence-electron chi connectivity index (χ1n) is 7.62. The van der Waals surface area contributed by atoms with Crippen molar-refractivity contribution in [3.63, 3.8) is 0 Å². The van der Waals surface area contributed by atoms with E-state index in [1.807, 2.05) is 11.6 Å². The molecule has 0 aromatic heterocycles. The number of nitrogens with one attached hydrogen (secondary N) is 1. The lowest BCUT2D eigenvalue weighted by molar-refractivity contribution is -0.136. The van der Waals surface area contributed by atoms with E-state index in [9.17, 15) is 21.6 Å². The third kappa shape index (κ3) is 5.12. The van der Waals surface area contributed by atoms with Crippen molar-refractivity contribution in [2.24, 2.45) is 0 Å². The molecule has 0 amide bonds. The molecule has 0 fully saturated rings. The van der Waals surface area contributed by atoms with Crippen LogP contribution in [-0.4, -0.2) is 8.42 Å². The fourth-order valence-corrected chi connectivity index (χ4v) is 3.51. The zero-order valence-electron chi connectivity index (χ0n) is 13.4. The Kier molecular flexibility index (Phi) is 6.00. The molecule has 1 N–H and O–H groups in total. The molecule has 0 heterocycles. The lowest BCUT2D eigenvalue weighted by atomic mass is 10.1. The van der Waals surface area contributed by atoms with E-state index >= 15 is 0 Å². The van der Waals surface area contributed by atoms with E-state index < -0.39 is 27.5 Å². The highest BCUT2D eigenvalue weighted by Crippen LogP contribution is 2.37. The number of benzene rings is 2. The monoisotopic (exact) mass is 391 g/mol. The summed E-state index contributed by atoms with van der Waals surface area (Å²) in [7, 11) is -4.14. The van der Waals surface area contributed by atoms with Gasteiger partial charge in [-0.3, -0.25) is 4.72 Å². The Hall–Kier alpha value is -1.73. The summed E-state index contributed by atoms with van der Waals surface area (Å²) in [6.07, 6.45) is -1.92. The number of unbranched alkanes of at least 4 members (excludes halogenated alkanes) is 1. The first-order valence-corrected chi connectivity index (χ1v) is 9.48. The fourth-order valence-electron chi connectivity index (χ4n) is 2.26. The minimum absolute atomic E-state index is 0.101. The van der Waals surface area contributed by atoms with E-state index in [1.165, 1.54) is 18.2 Å². The zero-order valence-corrected chi connectivity index (χ0v) is 15.0. The summed E-state index contributed by atoms with van der Waals surface area (Å²) in [5.74, 6) is 0. The Morgan fingerprint density at radius 3 is 2.28 bits per heavy atom. The second-order valence-corrected chi connectivity index (χ2v) is 7.66. The van der Waals surface area contributed by atoms with Crippen molar-refractivity contribution in [1.29, 1.82) is 0 Å². The number of rotatable bonds is 6. The molecule has 0 bridgehead atoms. The largest absolute Gasteiger partial charge is 0.418 e. The van der Waals surface area contributed by atoms with Crippen LogP contribution in [0.5, 0.6) is 0 Å². The summed E-state index contributed by atoms with van der Waals surface area (Å²) in [5, 5.41) is -0.129. The van der Waals surface area contributed by atoms with Crippen LogP contribution in [-0.2, 0) is 22.6 Å². The van der Waals surface area contributed by atoms with Gasteiger partial charge < -0.3 is 0 Å². The van der Waals surface area contributed by atoms with E-state index in [-0.39, 0.29) is 9.92 Å². The minimum atomic E-state index is -4.73. The van der Waals surface area contributed by atoms with Gasteiger partial charge in [-0.05, 0) is 48.7 Å². The van der Waals surface area contributed by atoms with E-state index in [4.69, 9.17) is 11.6 Å². The number of aryl methyl sites for hydroxylation is 1. The first kappa shape index (κ1) is 19.6. The van der Waals surface area contributed by atoms with Gasteiger partial charge in [0.25, 0.3) is 10.0 Å². The van der Waals surface area contributed by atoms with Gasteiger partial charge in [0.15, 0.2) is 0 Å². The van der Waals surface area contributed by atoms with Crippen molar-refractivity contribution in [3.8, 4) is 0 Å². The molecule has 0 aliphatic rings. The summed E-state index contributed by atoms with van der Waals surface area (Å²) in [6, 6.07) is 8.98. The van der Waals surface area contributed by atoms with Crippen molar-refractivity contribution in [2.45, 2.75) is 37.3 Å². The van der Waals surface area contributed by atoms with Crippen LogP contribution in [0.2, 0.25) is 5.02 Å². The van der Waals surface area contributed by atoms with Gasteiger partial charge in [-0.2, -0.15) is 13.2 Å². The van der Waals surface area contributed by atoms with Crippen molar-refractivity contribution in [3.05, 3.63) is 58.6 Å². The van der Waals surface area contributed by atoms with Crippen molar-refractivity contribution >= 4 is 27.3 Å². The second-order valence-electron chi connectivity index (χ2n) is 5.54. The molecule has 0 atom stereocenters. The Labute approximate surface area is 149 Å². The molecular weight excluding hydrogens is 375 g/mol. The highest BCUT2D eigenvalue weighted by molar-refractivity contribution is 7.92. The first-order chi connectivity index (χ1) is 11.6. The molecule has 2 aromatic rings. The maximum absolute atomic E-state index is 13.1. The Morgan fingerprint density at radius 2 is 1.72 bits per heavy atom. The van der Waals surface area contributed by atoms with Gasteiger partial charge in [0, 0.05) is 5.02 Å². The Balaban J connectivity index is 2.30. The van der Waals surface area contributed by atoms with Crippen LogP contribution in [0.1, 0.15) is 30.9 Å². The highest BCUT2D eigenvalue weighted by Gasteiger charge is 2.35. The fraction of sp³-hybridized carbons (Fsp3) is 0.294. The van der Waals surface area contributed by atoms with Gasteiger partial charge in [-0.25, -0.2) is 8.42 Å². The zero-order chi connectivity index (χ0) is 18.7. The van der Waals surface area contributed by atoms with Gasteiger partial charge in [0.05, 0.1) is 16.1 Å². The van der Waals surface area contributed by atoms with Crippen LogP contribution < -0.4 is 4.72 Å². The predicted molar refractivity (Wildman–Crippen MR) is 92.3 cm³/mol. The summed E-state index contributed by atoms with van der Waals surface area (Å²) in [6.45, 7) is 2.05. The standard InChI is InChI=1S/C17H17ClF3NO2S/c1-2-3-4-12-5-8-14(9-6-12)25(23,24)22-16-10-7-13(18)11-15(16)17(19,20)21/h5-11,22H,2-4H2,1H3. The minimum Gasteiger partial charge on any atom is -0.279 e. The van der Waals surface area contributed by atoms with Gasteiger partial charge in [-0.15, -0.1) is 0 Å². The van der Waals surface area contributed by atoms with Crippen LogP contribution in [0.3, 0.4) is 0 Å². The molecule has 0 spiro atoms. The van der Waals surface area contributed by atoms with Crippen LogP contribution in [0, 0.1) is 0 Å². The molecule has 25 heavy (non-hydrogen) atoms. The maximum Gasteiger partial charge on any atom is 0.418 e. The molecule has 136 valence electrons. The number of hydrogen-bond donors (Lipinski definition) is 1. The topological polar surface area (TPSA) is 46.2 Å². The third-order valence-corrected chi connectivity index (χ3v) is 5.20. The Bertz CT molecular complexity index is 834. The molecule has 0 saturated carbocycles. The molecule has 0 aliphatic carbocycles. The van der Waals surface area contributed by atoms with Crippen LogP contribution in [0.25, 0.3) is 0 Å². The number of sulfonamides is 1. The highest BCUT2D eigenvalue weighted by atomic mass is 35.5. The predicted octanol–water partition coefficient (Wildman–Crippen LogP) is 5.50. The average Bonchev–Trinajstić information content (AvgIpc) is 2.54. The third-order valence-electron chi connectivity index (χ3n) is 3.58. The average molecular weight is 392 g/mol. The van der Waals surface area contributed by atoms with Gasteiger partial charge in [-0.1, -0.05) is 37.1 Å². The van der Waals surface area contributed by atoms with E-state index in [0.29, 0.717) is 6.07 Å². The second kappa shape index (κ2) is 7.66. The number of hydrogen-bond acceptors (Lipinski definition) is 2. The van der Waals surface area contributed by atoms with E-state index in [2.05, 4.69) is 0 Å². The van der Waals surface area contributed by atoms with Gasteiger partial charge in [0.1, 0.15) is 0 Å². The lowest BCUT2D eigenvalue weighted by Crippen LogP contribution is -2.17. The summed E-state index contributed by atoms with van der Waals surface area (Å²) < 4.78 is 66.0. The van der Waals surface area contributed by atoms with Crippen LogP contribution in [0.4, 0.5) is 18.9 Å². The molecule has 8 heteroatoms. The number of alkyl halides is 3. The quantitative estimate of drug-likeness (QED) is 0.706. The van der Waals surface area contributed by atoms with Crippen LogP contribution >= 0.6 is 11.6 Å². The normalized spacial score (nSPS) is 12.2. The summed E-state index contributed by atoms with van der Waals surface area (Å²) in [5.41, 5.74) is -0.724. The molecular formula is C17H17ClF3NO2S. The van der Waals surface area contributed by atoms with Gasteiger partial charge in [0.2, 0.25) is 0 Å². The molecule has 0 unspecified atom stereocenters. The smallest absolute Gasteiger partial charge is 0.279 e. The Morgan fingerprint density at radius 1 is 1.08 bits per heavy atom. The van der Waals surface area contributed by atoms with Gasteiger partial charge >= 0.3 is 6.18 Å². The number of anilines is 1. The van der Waals surface area contributed by atoms with E-state index in [1.54, 1.807) is 12.1 Å². The van der Waals surface area contributed by atoms with Crippen molar-refractivity contribution in [2.75, 3.05) is 4.72 Å². The SMILES string of the molecule is CCCCc1ccc(S(=O)(=O)Nc2ccc(Cl)cc2C(F)(F)F)cc1. The lowest BCUT2D eigenvalue weighted by Gasteiger charge is -2.15.